The summed E-state index contributed by atoms with van der Waals surface area (Å²) in [5.41, 5.74) is -1.66. The van der Waals surface area contributed by atoms with E-state index in [1.807, 2.05) is 0 Å². The van der Waals surface area contributed by atoms with Crippen LogP contribution in [0.3, 0.4) is 0 Å². The molecule has 2 aliphatic heterocycles. The second-order valence-corrected chi connectivity index (χ2v) is 9.94. The summed E-state index contributed by atoms with van der Waals surface area (Å²) in [6, 6.07) is -1.19. The van der Waals surface area contributed by atoms with Crippen molar-refractivity contribution in [2.45, 2.75) is 97.0 Å². The van der Waals surface area contributed by atoms with Crippen molar-refractivity contribution in [1.29, 1.82) is 0 Å². The van der Waals surface area contributed by atoms with E-state index in [4.69, 9.17) is 18.9 Å². The fraction of sp³-hybridized carbons (Fsp3) is 0.850. The summed E-state index contributed by atoms with van der Waals surface area (Å²) in [7, 11) is 0. The number of aliphatic hydroxyl groups excluding tert-OH is 1. The normalized spacial score (nSPS) is 28.4. The molecule has 0 bridgehead atoms. The Labute approximate surface area is 171 Å². The van der Waals surface area contributed by atoms with Crippen molar-refractivity contribution >= 4 is 18.0 Å². The minimum Gasteiger partial charge on any atom is -0.458 e. The summed E-state index contributed by atoms with van der Waals surface area (Å²) in [4.78, 5) is 39.2. The quantitative estimate of drug-likeness (QED) is 0.697. The molecule has 0 unspecified atom stereocenters. The smallest absolute Gasteiger partial charge is 0.417 e. The number of aliphatic hydroxyl groups is 1. The van der Waals surface area contributed by atoms with E-state index >= 15 is 0 Å². The molecule has 2 heterocycles. The minimum absolute atomic E-state index is 0.0888. The van der Waals surface area contributed by atoms with Crippen LogP contribution in [0, 0.1) is 5.92 Å². The van der Waals surface area contributed by atoms with E-state index in [1.165, 1.54) is 0 Å². The van der Waals surface area contributed by atoms with Crippen LogP contribution in [0.4, 0.5) is 4.79 Å². The number of ether oxygens (including phenoxy) is 4. The molecular weight excluding hydrogens is 382 g/mol. The van der Waals surface area contributed by atoms with Gasteiger partial charge < -0.3 is 24.1 Å². The summed E-state index contributed by atoms with van der Waals surface area (Å²) < 4.78 is 21.8. The second-order valence-electron chi connectivity index (χ2n) is 9.94. The number of hydrogen-bond acceptors (Lipinski definition) is 8. The van der Waals surface area contributed by atoms with Gasteiger partial charge in [-0.2, -0.15) is 0 Å². The molecule has 9 nitrogen and oxygen atoms in total. The number of amides is 2. The van der Waals surface area contributed by atoms with Gasteiger partial charge in [0.25, 0.3) is 0 Å². The van der Waals surface area contributed by atoms with Crippen molar-refractivity contribution in [2.75, 3.05) is 6.61 Å². The maximum Gasteiger partial charge on any atom is 0.417 e. The van der Waals surface area contributed by atoms with Crippen LogP contribution in [0.5, 0.6) is 0 Å². The molecule has 2 saturated heterocycles. The van der Waals surface area contributed by atoms with E-state index in [0.29, 0.717) is 0 Å². The van der Waals surface area contributed by atoms with Gasteiger partial charge >= 0.3 is 12.1 Å². The van der Waals surface area contributed by atoms with Gasteiger partial charge in [0, 0.05) is 0 Å². The minimum atomic E-state index is -1.25. The van der Waals surface area contributed by atoms with Crippen LogP contribution in [0.2, 0.25) is 0 Å². The van der Waals surface area contributed by atoms with Crippen molar-refractivity contribution in [1.82, 2.24) is 4.90 Å². The molecule has 0 aliphatic carbocycles. The van der Waals surface area contributed by atoms with Gasteiger partial charge in [-0.3, -0.25) is 4.79 Å². The number of carbonyl (C=O) groups is 3. The molecule has 0 aromatic heterocycles. The molecule has 0 radical (unpaired) electrons. The second kappa shape index (κ2) is 7.85. The predicted molar refractivity (Wildman–Crippen MR) is 102 cm³/mol. The fourth-order valence-corrected chi connectivity index (χ4v) is 3.31. The number of nitrogens with zero attached hydrogens (tertiary/aromatic N) is 1. The first kappa shape index (κ1) is 23.6. The topological polar surface area (TPSA) is 112 Å². The zero-order chi connectivity index (χ0) is 22.4. The summed E-state index contributed by atoms with van der Waals surface area (Å²) in [6.45, 7) is 13.6. The van der Waals surface area contributed by atoms with Crippen LogP contribution in [-0.4, -0.2) is 69.8 Å². The number of hydrogen-bond donors (Lipinski definition) is 1. The molecular formula is C20H33NO8. The van der Waals surface area contributed by atoms with Crippen molar-refractivity contribution in [2.24, 2.45) is 5.92 Å². The maximum absolute atomic E-state index is 13.0. The van der Waals surface area contributed by atoms with Gasteiger partial charge in [-0.1, -0.05) is 0 Å². The Kier molecular flexibility index (Phi) is 6.38. The molecule has 29 heavy (non-hydrogen) atoms. The van der Waals surface area contributed by atoms with Gasteiger partial charge in [0.1, 0.15) is 23.3 Å². The summed E-state index contributed by atoms with van der Waals surface area (Å²) >= 11 is 0. The third kappa shape index (κ3) is 5.90. The van der Waals surface area contributed by atoms with Gasteiger partial charge in [-0.15, -0.1) is 0 Å². The highest BCUT2D eigenvalue weighted by Gasteiger charge is 2.54. The molecule has 2 amide bonds. The third-order valence-corrected chi connectivity index (χ3v) is 4.44. The molecule has 2 fully saturated rings. The van der Waals surface area contributed by atoms with E-state index < -0.39 is 59.1 Å². The van der Waals surface area contributed by atoms with Gasteiger partial charge in [0.2, 0.25) is 5.91 Å². The van der Waals surface area contributed by atoms with E-state index in [9.17, 15) is 19.5 Å². The van der Waals surface area contributed by atoms with Crippen LogP contribution in [0.1, 0.15) is 61.8 Å². The lowest BCUT2D eigenvalue weighted by atomic mass is 9.94. The molecule has 0 saturated carbocycles. The first-order chi connectivity index (χ1) is 13.0. The maximum atomic E-state index is 13.0. The van der Waals surface area contributed by atoms with Crippen molar-refractivity contribution in [3.05, 3.63) is 0 Å². The number of likely N-dealkylation sites (tertiary alicyclic amines) is 1. The molecule has 2 aliphatic rings. The van der Waals surface area contributed by atoms with Gasteiger partial charge in [-0.25, -0.2) is 14.5 Å². The lowest BCUT2D eigenvalue weighted by molar-refractivity contribution is -0.162. The van der Waals surface area contributed by atoms with Crippen LogP contribution in [0.15, 0.2) is 0 Å². The van der Waals surface area contributed by atoms with Crippen molar-refractivity contribution in [3.8, 4) is 0 Å². The summed E-state index contributed by atoms with van der Waals surface area (Å²) in [5.74, 6) is -3.34. The van der Waals surface area contributed by atoms with Crippen LogP contribution < -0.4 is 0 Å². The lowest BCUT2D eigenvalue weighted by Crippen LogP contribution is -2.48. The zero-order valence-electron chi connectivity index (χ0n) is 18.5. The predicted octanol–water partition coefficient (Wildman–Crippen LogP) is 1.99. The Hall–Kier alpha value is -1.71. The number of esters is 1. The van der Waals surface area contributed by atoms with E-state index in [1.54, 1.807) is 55.4 Å². The Morgan fingerprint density at radius 2 is 1.69 bits per heavy atom. The SMILES string of the molecule is CC(C)(C)OC(=O)[C@@H]1C[C@@H]([C@H](O)[C@@H]2COC(C)(C)O2)C(=O)N1C(=O)OC(C)(C)C. The monoisotopic (exact) mass is 415 g/mol. The summed E-state index contributed by atoms with van der Waals surface area (Å²) in [6.07, 6.45) is -3.04. The molecule has 1 N–H and O–H groups in total. The number of rotatable bonds is 3. The highest BCUT2D eigenvalue weighted by Crippen LogP contribution is 2.35. The first-order valence-corrected chi connectivity index (χ1v) is 9.79. The van der Waals surface area contributed by atoms with E-state index in [2.05, 4.69) is 0 Å². The highest BCUT2D eigenvalue weighted by atomic mass is 16.7. The van der Waals surface area contributed by atoms with Gasteiger partial charge in [-0.05, 0) is 61.8 Å². The van der Waals surface area contributed by atoms with Crippen LogP contribution in [0.25, 0.3) is 0 Å². The molecule has 0 aromatic carbocycles. The Bertz CT molecular complexity index is 660. The van der Waals surface area contributed by atoms with Gasteiger partial charge in [0.05, 0.1) is 18.6 Å². The molecule has 0 spiro atoms. The number of carbonyl (C=O) groups excluding carboxylic acids is 3. The molecule has 4 atom stereocenters. The fourth-order valence-electron chi connectivity index (χ4n) is 3.31. The first-order valence-electron chi connectivity index (χ1n) is 9.79. The van der Waals surface area contributed by atoms with Gasteiger partial charge in [0.15, 0.2) is 5.79 Å². The average Bonchev–Trinajstić information content (AvgIpc) is 3.03. The lowest BCUT2D eigenvalue weighted by Gasteiger charge is -2.28. The molecule has 0 aromatic rings. The Morgan fingerprint density at radius 1 is 1.14 bits per heavy atom. The largest absolute Gasteiger partial charge is 0.458 e. The standard InChI is InChI=1S/C20H33NO8/c1-18(2,3)28-16(24)12-9-11(14(22)13-10-26-20(7,8)27-13)15(23)21(12)17(25)29-19(4,5)6/h11-14,22H,9-10H2,1-8H3/t11-,12-,13-,14-/m0/s1. The van der Waals surface area contributed by atoms with Crippen molar-refractivity contribution < 1.29 is 38.4 Å². The van der Waals surface area contributed by atoms with E-state index in [-0.39, 0.29) is 13.0 Å². The Balaban J connectivity index is 2.26. The number of imide groups is 1. The average molecular weight is 415 g/mol. The Morgan fingerprint density at radius 3 is 2.14 bits per heavy atom. The third-order valence-electron chi connectivity index (χ3n) is 4.44. The highest BCUT2D eigenvalue weighted by molar-refractivity contribution is 6.01. The van der Waals surface area contributed by atoms with Crippen molar-refractivity contribution in [3.63, 3.8) is 0 Å². The van der Waals surface area contributed by atoms with Crippen LogP contribution >= 0.6 is 0 Å². The summed E-state index contributed by atoms with van der Waals surface area (Å²) in [5, 5.41) is 10.8. The van der Waals surface area contributed by atoms with Crippen LogP contribution in [-0.2, 0) is 28.5 Å². The van der Waals surface area contributed by atoms with E-state index in [0.717, 1.165) is 4.90 Å². The molecule has 9 heteroatoms. The molecule has 2 rings (SSSR count). The molecule has 166 valence electrons. The zero-order valence-corrected chi connectivity index (χ0v) is 18.5.